The lowest BCUT2D eigenvalue weighted by Crippen LogP contribution is -2.14. The molecule has 0 saturated carbocycles. The molecule has 1 atom stereocenters. The Labute approximate surface area is 139 Å². The highest BCUT2D eigenvalue weighted by molar-refractivity contribution is 7.14. The molecule has 0 radical (unpaired) electrons. The summed E-state index contributed by atoms with van der Waals surface area (Å²) in [5, 5.41) is 5.45. The zero-order valence-corrected chi connectivity index (χ0v) is 13.6. The van der Waals surface area contributed by atoms with Gasteiger partial charge < -0.3 is 5.32 Å². The van der Waals surface area contributed by atoms with Crippen LogP contribution in [-0.2, 0) is 4.79 Å². The highest BCUT2D eigenvalue weighted by atomic mass is 32.1. The average molecular weight is 323 g/mol. The maximum absolute atomic E-state index is 12.2. The molecule has 0 unspecified atom stereocenters. The van der Waals surface area contributed by atoms with Crippen LogP contribution in [0.5, 0.6) is 0 Å². The fraction of sp³-hybridized carbons (Fsp3) is 0.167. The number of amides is 1. The van der Waals surface area contributed by atoms with Gasteiger partial charge in [0.2, 0.25) is 5.91 Å². The Kier molecular flexibility index (Phi) is 4.78. The SMILES string of the molecule is C[C@H](CC(=O)Nc1nc(-c2ccncc2)cs1)c1ccccc1. The van der Waals surface area contributed by atoms with Gasteiger partial charge in [0.25, 0.3) is 0 Å². The van der Waals surface area contributed by atoms with Crippen LogP contribution in [0, 0.1) is 0 Å². The summed E-state index contributed by atoms with van der Waals surface area (Å²) in [6, 6.07) is 13.9. The second-order valence-corrected chi connectivity index (χ2v) is 6.20. The van der Waals surface area contributed by atoms with Crippen molar-refractivity contribution in [3.63, 3.8) is 0 Å². The van der Waals surface area contributed by atoms with E-state index in [4.69, 9.17) is 0 Å². The number of thiazole rings is 1. The fourth-order valence-electron chi connectivity index (χ4n) is 2.33. The summed E-state index contributed by atoms with van der Waals surface area (Å²) in [4.78, 5) is 20.6. The molecule has 4 nitrogen and oxygen atoms in total. The Hall–Kier alpha value is -2.53. The predicted octanol–water partition coefficient (Wildman–Crippen LogP) is 4.34. The molecule has 0 spiro atoms. The van der Waals surface area contributed by atoms with E-state index in [9.17, 15) is 4.79 Å². The third-order valence-electron chi connectivity index (χ3n) is 3.59. The van der Waals surface area contributed by atoms with Crippen molar-refractivity contribution in [3.05, 3.63) is 65.8 Å². The highest BCUT2D eigenvalue weighted by Crippen LogP contribution is 2.25. The molecule has 2 aromatic heterocycles. The lowest BCUT2D eigenvalue weighted by Gasteiger charge is -2.10. The van der Waals surface area contributed by atoms with Crippen LogP contribution in [-0.4, -0.2) is 15.9 Å². The second-order valence-electron chi connectivity index (χ2n) is 5.34. The molecule has 0 aliphatic carbocycles. The normalized spacial score (nSPS) is 11.9. The van der Waals surface area contributed by atoms with Crippen molar-refractivity contribution >= 4 is 22.4 Å². The van der Waals surface area contributed by atoms with Crippen LogP contribution < -0.4 is 5.32 Å². The van der Waals surface area contributed by atoms with Gasteiger partial charge in [0, 0.05) is 29.8 Å². The zero-order valence-electron chi connectivity index (χ0n) is 12.8. The number of carbonyl (C=O) groups excluding carboxylic acids is 1. The maximum Gasteiger partial charge on any atom is 0.226 e. The number of anilines is 1. The van der Waals surface area contributed by atoms with Crippen LogP contribution in [0.1, 0.15) is 24.8 Å². The van der Waals surface area contributed by atoms with E-state index in [-0.39, 0.29) is 11.8 Å². The van der Waals surface area contributed by atoms with Gasteiger partial charge in [0.1, 0.15) is 0 Å². The smallest absolute Gasteiger partial charge is 0.226 e. The Balaban J connectivity index is 1.61. The van der Waals surface area contributed by atoms with Gasteiger partial charge >= 0.3 is 0 Å². The summed E-state index contributed by atoms with van der Waals surface area (Å²) < 4.78 is 0. The minimum Gasteiger partial charge on any atom is -0.302 e. The number of carbonyl (C=O) groups is 1. The summed E-state index contributed by atoms with van der Waals surface area (Å²) in [6.07, 6.45) is 3.90. The first-order valence-corrected chi connectivity index (χ1v) is 8.31. The quantitative estimate of drug-likeness (QED) is 0.760. The Morgan fingerprint density at radius 3 is 2.65 bits per heavy atom. The first-order chi connectivity index (χ1) is 11.2. The van der Waals surface area contributed by atoms with Crippen LogP contribution in [0.3, 0.4) is 0 Å². The van der Waals surface area contributed by atoms with Gasteiger partial charge in [0.15, 0.2) is 5.13 Å². The zero-order chi connectivity index (χ0) is 16.1. The van der Waals surface area contributed by atoms with Crippen molar-refractivity contribution < 1.29 is 4.79 Å². The molecule has 3 rings (SSSR count). The van der Waals surface area contributed by atoms with Gasteiger partial charge in [-0.15, -0.1) is 11.3 Å². The lowest BCUT2D eigenvalue weighted by molar-refractivity contribution is -0.116. The van der Waals surface area contributed by atoms with Gasteiger partial charge in [-0.1, -0.05) is 37.3 Å². The number of nitrogens with zero attached hydrogens (tertiary/aromatic N) is 2. The van der Waals surface area contributed by atoms with E-state index in [0.29, 0.717) is 11.6 Å². The van der Waals surface area contributed by atoms with E-state index in [1.807, 2.05) is 47.8 Å². The van der Waals surface area contributed by atoms with E-state index in [1.54, 1.807) is 12.4 Å². The van der Waals surface area contributed by atoms with E-state index in [0.717, 1.165) is 11.3 Å². The van der Waals surface area contributed by atoms with E-state index < -0.39 is 0 Å². The van der Waals surface area contributed by atoms with E-state index in [1.165, 1.54) is 16.9 Å². The summed E-state index contributed by atoms with van der Waals surface area (Å²) in [6.45, 7) is 2.05. The number of nitrogens with one attached hydrogen (secondary N) is 1. The molecule has 2 heterocycles. The molecule has 0 aliphatic rings. The number of pyridine rings is 1. The van der Waals surface area contributed by atoms with Gasteiger partial charge in [-0.05, 0) is 23.6 Å². The van der Waals surface area contributed by atoms with Crippen molar-refractivity contribution in [1.29, 1.82) is 0 Å². The van der Waals surface area contributed by atoms with Crippen molar-refractivity contribution in [2.45, 2.75) is 19.3 Å². The molecule has 0 fully saturated rings. The van der Waals surface area contributed by atoms with Gasteiger partial charge in [-0.3, -0.25) is 9.78 Å². The molecule has 0 saturated heterocycles. The minimum absolute atomic E-state index is 0.0167. The fourth-order valence-corrected chi connectivity index (χ4v) is 3.07. The van der Waals surface area contributed by atoms with E-state index in [2.05, 4.69) is 22.2 Å². The van der Waals surface area contributed by atoms with E-state index >= 15 is 0 Å². The molecule has 5 heteroatoms. The molecule has 3 aromatic rings. The summed E-state index contributed by atoms with van der Waals surface area (Å²) >= 11 is 1.43. The van der Waals surface area contributed by atoms with Crippen molar-refractivity contribution in [3.8, 4) is 11.3 Å². The van der Waals surface area contributed by atoms with Gasteiger partial charge in [0.05, 0.1) is 5.69 Å². The monoisotopic (exact) mass is 323 g/mol. The Morgan fingerprint density at radius 2 is 1.91 bits per heavy atom. The topological polar surface area (TPSA) is 54.9 Å². The van der Waals surface area contributed by atoms with Gasteiger partial charge in [-0.2, -0.15) is 0 Å². The van der Waals surface area contributed by atoms with Crippen molar-refractivity contribution in [1.82, 2.24) is 9.97 Å². The second kappa shape index (κ2) is 7.15. The lowest BCUT2D eigenvalue weighted by atomic mass is 9.98. The molecule has 0 bridgehead atoms. The summed E-state index contributed by atoms with van der Waals surface area (Å²) in [5.74, 6) is 0.160. The molecule has 0 aliphatic heterocycles. The van der Waals surface area contributed by atoms with Crippen LogP contribution in [0.2, 0.25) is 0 Å². The molecular formula is C18H17N3OS. The van der Waals surface area contributed by atoms with Crippen LogP contribution in [0.25, 0.3) is 11.3 Å². The summed E-state index contributed by atoms with van der Waals surface area (Å²) in [5.41, 5.74) is 3.01. The number of hydrogen-bond acceptors (Lipinski definition) is 4. The maximum atomic E-state index is 12.2. The highest BCUT2D eigenvalue weighted by Gasteiger charge is 2.13. The Morgan fingerprint density at radius 1 is 1.17 bits per heavy atom. The average Bonchev–Trinajstić information content (AvgIpc) is 3.04. The number of hydrogen-bond donors (Lipinski definition) is 1. The van der Waals surface area contributed by atoms with Crippen LogP contribution in [0.15, 0.2) is 60.2 Å². The predicted molar refractivity (Wildman–Crippen MR) is 93.4 cm³/mol. The molecule has 1 amide bonds. The summed E-state index contributed by atoms with van der Waals surface area (Å²) in [7, 11) is 0. The number of benzene rings is 1. The standard InChI is InChI=1S/C18H17N3OS/c1-13(14-5-3-2-4-6-14)11-17(22)21-18-20-16(12-23-18)15-7-9-19-10-8-15/h2-10,12-13H,11H2,1H3,(H,20,21,22)/t13-/m1/s1. The van der Waals surface area contributed by atoms with Gasteiger partial charge in [-0.25, -0.2) is 4.98 Å². The molecule has 1 aromatic carbocycles. The third-order valence-corrected chi connectivity index (χ3v) is 4.34. The first kappa shape index (κ1) is 15.4. The number of rotatable bonds is 5. The van der Waals surface area contributed by atoms with Crippen LogP contribution >= 0.6 is 11.3 Å². The Bertz CT molecular complexity index is 771. The first-order valence-electron chi connectivity index (χ1n) is 7.43. The number of aromatic nitrogens is 2. The molecule has 1 N–H and O–H groups in total. The van der Waals surface area contributed by atoms with Crippen molar-refractivity contribution in [2.75, 3.05) is 5.32 Å². The molecule has 116 valence electrons. The largest absolute Gasteiger partial charge is 0.302 e. The third kappa shape index (κ3) is 4.02. The molecule has 23 heavy (non-hydrogen) atoms. The van der Waals surface area contributed by atoms with Crippen LogP contribution in [0.4, 0.5) is 5.13 Å². The minimum atomic E-state index is -0.0167. The van der Waals surface area contributed by atoms with Crippen molar-refractivity contribution in [2.24, 2.45) is 0 Å². The molecular weight excluding hydrogens is 306 g/mol.